The van der Waals surface area contributed by atoms with Gasteiger partial charge in [0, 0.05) is 19.3 Å². The first-order valence-electron chi connectivity index (χ1n) is 7.16. The number of rotatable bonds is 9. The van der Waals surface area contributed by atoms with Gasteiger partial charge >= 0.3 is 41.1 Å². The van der Waals surface area contributed by atoms with E-state index < -0.39 is 75.9 Å². The number of carbonyl (C=O) groups is 1. The largest absolute Gasteiger partial charge is 0.466 e. The number of carbonyl (C=O) groups excluding carboxylic acids is 1. The van der Waals surface area contributed by atoms with E-state index in [0.717, 1.165) is 0 Å². The molecule has 0 saturated carbocycles. The maximum Gasteiger partial charge on any atom is 0.459 e. The van der Waals surface area contributed by atoms with Crippen LogP contribution in [0.5, 0.6) is 0 Å². The lowest BCUT2D eigenvalue weighted by atomic mass is 10.1. The van der Waals surface area contributed by atoms with Crippen LogP contribution in [0.4, 0.5) is 57.1 Å². The van der Waals surface area contributed by atoms with E-state index in [4.69, 9.17) is 0 Å². The van der Waals surface area contributed by atoms with Crippen molar-refractivity contribution in [3.05, 3.63) is 0 Å². The summed E-state index contributed by atoms with van der Waals surface area (Å²) in [4.78, 5) is 11.3. The molecule has 0 aromatic heterocycles. The standard InChI is InChI=1S/C12H11F13O4S/c1-29-6(26)7(13,2-3-9(16,17)11(20,21)22)30(27,28)5-4-8(14,15)10(18,19)12(23,24)25/h2-5H2,1H3. The minimum Gasteiger partial charge on any atom is -0.466 e. The van der Waals surface area contributed by atoms with Crippen LogP contribution in [0.3, 0.4) is 0 Å². The highest BCUT2D eigenvalue weighted by molar-refractivity contribution is 7.93. The Morgan fingerprint density at radius 1 is 0.700 bits per heavy atom. The van der Waals surface area contributed by atoms with Crippen molar-refractivity contribution in [2.24, 2.45) is 0 Å². The van der Waals surface area contributed by atoms with Crippen LogP contribution in [0.2, 0.25) is 0 Å². The second kappa shape index (κ2) is 8.22. The molecule has 0 spiro atoms. The predicted octanol–water partition coefficient (Wildman–Crippen LogP) is 4.44. The summed E-state index contributed by atoms with van der Waals surface area (Å²) >= 11 is 0. The molecule has 1 unspecified atom stereocenters. The van der Waals surface area contributed by atoms with Gasteiger partial charge in [0.25, 0.3) is 0 Å². The minimum absolute atomic E-state index is 0.209. The van der Waals surface area contributed by atoms with E-state index in [9.17, 15) is 70.3 Å². The van der Waals surface area contributed by atoms with E-state index in [1.54, 1.807) is 0 Å². The second-order valence-electron chi connectivity index (χ2n) is 5.77. The van der Waals surface area contributed by atoms with Crippen LogP contribution < -0.4 is 0 Å². The quantitative estimate of drug-likeness (QED) is 0.349. The van der Waals surface area contributed by atoms with Crippen molar-refractivity contribution in [2.75, 3.05) is 12.9 Å². The summed E-state index contributed by atoms with van der Waals surface area (Å²) in [5, 5.41) is -4.87. The Hall–Kier alpha value is -1.49. The van der Waals surface area contributed by atoms with Crippen molar-refractivity contribution >= 4 is 15.8 Å². The molecule has 0 saturated heterocycles. The van der Waals surface area contributed by atoms with Gasteiger partial charge in [0.1, 0.15) is 0 Å². The van der Waals surface area contributed by atoms with Gasteiger partial charge < -0.3 is 4.74 Å². The molecule has 180 valence electrons. The average Bonchev–Trinajstić information content (AvgIpc) is 2.55. The number of methoxy groups -OCH3 is 1. The smallest absolute Gasteiger partial charge is 0.459 e. The van der Waals surface area contributed by atoms with Crippen molar-refractivity contribution in [3.8, 4) is 0 Å². The van der Waals surface area contributed by atoms with Gasteiger partial charge in [0.05, 0.1) is 12.9 Å². The fraction of sp³-hybridized carbons (Fsp3) is 0.917. The van der Waals surface area contributed by atoms with Gasteiger partial charge in [-0.3, -0.25) is 0 Å². The third kappa shape index (κ3) is 5.40. The Morgan fingerprint density at radius 2 is 1.13 bits per heavy atom. The molecule has 0 amide bonds. The minimum atomic E-state index is -6.88. The normalized spacial score (nSPS) is 16.9. The average molecular weight is 498 g/mol. The first-order chi connectivity index (χ1) is 12.9. The van der Waals surface area contributed by atoms with Crippen LogP contribution in [0.1, 0.15) is 19.3 Å². The third-order valence-corrected chi connectivity index (χ3v) is 5.76. The van der Waals surface area contributed by atoms with Crippen LogP contribution in [0.25, 0.3) is 0 Å². The van der Waals surface area contributed by atoms with E-state index in [-0.39, 0.29) is 7.11 Å². The highest BCUT2D eigenvalue weighted by Gasteiger charge is 2.73. The molecule has 0 rings (SSSR count). The van der Waals surface area contributed by atoms with E-state index >= 15 is 0 Å². The molecule has 4 nitrogen and oxygen atoms in total. The fourth-order valence-corrected chi connectivity index (χ4v) is 3.38. The maximum atomic E-state index is 14.6. The molecule has 1 atom stereocenters. The Balaban J connectivity index is 5.87. The molecule has 0 aliphatic heterocycles. The van der Waals surface area contributed by atoms with E-state index in [1.807, 2.05) is 0 Å². The zero-order valence-corrected chi connectivity index (χ0v) is 15.1. The fourth-order valence-electron chi connectivity index (χ4n) is 1.79. The van der Waals surface area contributed by atoms with Gasteiger partial charge in [-0.2, -0.15) is 52.7 Å². The molecule has 0 aliphatic rings. The number of halogens is 13. The van der Waals surface area contributed by atoms with E-state index in [2.05, 4.69) is 4.74 Å². The van der Waals surface area contributed by atoms with Crippen molar-refractivity contribution in [1.29, 1.82) is 0 Å². The molecule has 0 heterocycles. The van der Waals surface area contributed by atoms with Crippen LogP contribution in [0.15, 0.2) is 0 Å². The predicted molar refractivity (Wildman–Crippen MR) is 70.4 cm³/mol. The van der Waals surface area contributed by atoms with Gasteiger partial charge in [-0.05, 0) is 0 Å². The second-order valence-corrected chi connectivity index (χ2v) is 8.05. The van der Waals surface area contributed by atoms with Crippen molar-refractivity contribution in [2.45, 2.75) is 54.4 Å². The molecule has 0 aromatic carbocycles. The van der Waals surface area contributed by atoms with Crippen molar-refractivity contribution in [1.82, 2.24) is 0 Å². The lowest BCUT2D eigenvalue weighted by Gasteiger charge is -2.29. The van der Waals surface area contributed by atoms with Gasteiger partial charge in [0.15, 0.2) is 9.84 Å². The maximum absolute atomic E-state index is 14.6. The summed E-state index contributed by atoms with van der Waals surface area (Å²) in [6.07, 6.45) is -21.5. The topological polar surface area (TPSA) is 60.4 Å². The van der Waals surface area contributed by atoms with E-state index in [0.29, 0.717) is 0 Å². The highest BCUT2D eigenvalue weighted by atomic mass is 32.2. The Labute approximate surface area is 159 Å². The number of esters is 1. The lowest BCUT2D eigenvalue weighted by Crippen LogP contribution is -2.53. The van der Waals surface area contributed by atoms with Crippen LogP contribution >= 0.6 is 0 Å². The molecule has 0 radical (unpaired) electrons. The molecule has 30 heavy (non-hydrogen) atoms. The molecule has 0 fully saturated rings. The van der Waals surface area contributed by atoms with E-state index in [1.165, 1.54) is 0 Å². The zero-order chi connectivity index (χ0) is 24.6. The number of hydrogen-bond donors (Lipinski definition) is 0. The monoisotopic (exact) mass is 498 g/mol. The summed E-state index contributed by atoms with van der Waals surface area (Å²) in [5.74, 6) is -24.1. The number of alkyl halides is 13. The first kappa shape index (κ1) is 28.5. The molecular formula is C12H11F13O4S. The molecule has 0 aromatic rings. The number of ether oxygens (including phenoxy) is 1. The van der Waals surface area contributed by atoms with Crippen molar-refractivity contribution in [3.63, 3.8) is 0 Å². The molecule has 18 heteroatoms. The summed E-state index contributed by atoms with van der Waals surface area (Å²) in [7, 11) is -6.05. The van der Waals surface area contributed by atoms with Gasteiger partial charge in [-0.25, -0.2) is 17.6 Å². The number of hydrogen-bond acceptors (Lipinski definition) is 4. The van der Waals surface area contributed by atoms with Gasteiger partial charge in [-0.15, -0.1) is 0 Å². The Bertz CT molecular complexity index is 725. The van der Waals surface area contributed by atoms with Crippen LogP contribution in [-0.2, 0) is 19.4 Å². The first-order valence-corrected chi connectivity index (χ1v) is 8.81. The summed E-state index contributed by atoms with van der Waals surface area (Å²) in [5.41, 5.74) is 0. The Kier molecular flexibility index (Phi) is 7.81. The van der Waals surface area contributed by atoms with Crippen LogP contribution in [0, 0.1) is 0 Å². The molecule has 0 bridgehead atoms. The molecule has 0 aliphatic carbocycles. The third-order valence-electron chi connectivity index (χ3n) is 3.66. The summed E-state index contributed by atoms with van der Waals surface area (Å²) in [6.45, 7) is 0. The van der Waals surface area contributed by atoms with Crippen molar-refractivity contribution < 1.29 is 75.0 Å². The number of sulfone groups is 1. The molecular weight excluding hydrogens is 487 g/mol. The Morgan fingerprint density at radius 3 is 1.47 bits per heavy atom. The van der Waals surface area contributed by atoms with Crippen LogP contribution in [-0.4, -0.2) is 62.4 Å². The summed E-state index contributed by atoms with van der Waals surface area (Å²) < 4.78 is 192. The SMILES string of the molecule is COC(=O)C(F)(CCC(F)(F)C(F)(F)F)S(=O)(=O)CCC(F)(F)C(F)(F)C(F)(F)F. The summed E-state index contributed by atoms with van der Waals surface area (Å²) in [6, 6.07) is 0. The zero-order valence-electron chi connectivity index (χ0n) is 14.3. The van der Waals surface area contributed by atoms with Gasteiger partial charge in [0.2, 0.25) is 0 Å². The lowest BCUT2D eigenvalue weighted by molar-refractivity contribution is -0.354. The van der Waals surface area contributed by atoms with Gasteiger partial charge in [-0.1, -0.05) is 0 Å². The molecule has 0 N–H and O–H groups in total. The highest BCUT2D eigenvalue weighted by Crippen LogP contribution is 2.49.